The third kappa shape index (κ3) is 8.04. The fraction of sp³-hybridized carbons (Fsp3) is 0.375. The van der Waals surface area contributed by atoms with E-state index in [1.807, 2.05) is 33.8 Å². The van der Waals surface area contributed by atoms with Crippen molar-refractivity contribution in [1.29, 1.82) is 0 Å². The van der Waals surface area contributed by atoms with Crippen LogP contribution in [0.4, 0.5) is 5.69 Å². The fourth-order valence-corrected chi connectivity index (χ4v) is 6.17. The number of methoxy groups -OCH3 is 1. The van der Waals surface area contributed by atoms with Crippen LogP contribution < -0.4 is 14.4 Å². The van der Waals surface area contributed by atoms with Gasteiger partial charge in [0.15, 0.2) is 0 Å². The maximum absolute atomic E-state index is 14.2. The minimum atomic E-state index is -4.19. The van der Waals surface area contributed by atoms with Crippen molar-refractivity contribution in [3.05, 3.63) is 88.4 Å². The topological polar surface area (TPSA) is 96.0 Å². The van der Waals surface area contributed by atoms with Crippen molar-refractivity contribution in [3.8, 4) is 5.75 Å². The standard InChI is InChI=1S/C32H40ClN3O5S/c1-7-24(5)34-32(38)29(8-2)35(20-25-10-9-11-27(18-25)41-6)31(37)21-36(30-19-26(33)15-14-23(30)4)42(39,40)28-16-12-22(3)13-17-28/h9-19,24,29H,7-8,20-21H2,1-6H3,(H,34,38)/t24-,29-/m1/s1. The van der Waals surface area contributed by atoms with Crippen LogP contribution in [0.1, 0.15) is 50.3 Å². The van der Waals surface area contributed by atoms with E-state index in [1.165, 1.54) is 23.1 Å². The van der Waals surface area contributed by atoms with Gasteiger partial charge in [0.25, 0.3) is 10.0 Å². The fourth-order valence-electron chi connectivity index (χ4n) is 4.53. The van der Waals surface area contributed by atoms with Crippen molar-refractivity contribution in [3.63, 3.8) is 0 Å². The summed E-state index contributed by atoms with van der Waals surface area (Å²) >= 11 is 6.31. The van der Waals surface area contributed by atoms with Crippen LogP contribution in [-0.4, -0.2) is 50.9 Å². The molecule has 10 heteroatoms. The van der Waals surface area contributed by atoms with E-state index in [1.54, 1.807) is 56.5 Å². The average molecular weight is 614 g/mol. The molecule has 1 N–H and O–H groups in total. The molecular weight excluding hydrogens is 574 g/mol. The van der Waals surface area contributed by atoms with Crippen LogP contribution in [0.2, 0.25) is 5.02 Å². The molecule has 0 aliphatic heterocycles. The third-order valence-corrected chi connectivity index (χ3v) is 9.21. The maximum atomic E-state index is 14.2. The van der Waals surface area contributed by atoms with Crippen LogP contribution >= 0.6 is 11.6 Å². The van der Waals surface area contributed by atoms with E-state index in [9.17, 15) is 18.0 Å². The van der Waals surface area contributed by atoms with Crippen molar-refractivity contribution in [2.45, 2.75) is 71.0 Å². The Morgan fingerprint density at radius 1 is 0.976 bits per heavy atom. The Bertz CT molecular complexity index is 1490. The Morgan fingerprint density at radius 2 is 1.67 bits per heavy atom. The van der Waals surface area contributed by atoms with E-state index >= 15 is 0 Å². The predicted molar refractivity (Wildman–Crippen MR) is 167 cm³/mol. The zero-order valence-electron chi connectivity index (χ0n) is 25.1. The molecule has 3 aromatic rings. The highest BCUT2D eigenvalue weighted by Crippen LogP contribution is 2.30. The van der Waals surface area contributed by atoms with Gasteiger partial charge in [-0.3, -0.25) is 13.9 Å². The number of carbonyl (C=O) groups excluding carboxylic acids is 2. The molecule has 0 saturated carbocycles. The first-order valence-electron chi connectivity index (χ1n) is 14.0. The molecule has 0 heterocycles. The van der Waals surface area contributed by atoms with E-state index in [4.69, 9.17) is 16.3 Å². The maximum Gasteiger partial charge on any atom is 0.264 e. The molecule has 2 atom stereocenters. The summed E-state index contributed by atoms with van der Waals surface area (Å²) in [6.45, 7) is 8.86. The predicted octanol–water partition coefficient (Wildman–Crippen LogP) is 5.88. The number of halogens is 1. The van der Waals surface area contributed by atoms with Crippen LogP contribution in [0, 0.1) is 13.8 Å². The van der Waals surface area contributed by atoms with Gasteiger partial charge in [0, 0.05) is 17.6 Å². The highest BCUT2D eigenvalue weighted by molar-refractivity contribution is 7.92. The van der Waals surface area contributed by atoms with Crippen molar-refractivity contribution < 1.29 is 22.7 Å². The lowest BCUT2D eigenvalue weighted by Gasteiger charge is -2.34. The van der Waals surface area contributed by atoms with Crippen molar-refractivity contribution in [2.24, 2.45) is 0 Å². The molecule has 42 heavy (non-hydrogen) atoms. The zero-order valence-corrected chi connectivity index (χ0v) is 26.6. The highest BCUT2D eigenvalue weighted by atomic mass is 35.5. The second-order valence-corrected chi connectivity index (χ2v) is 12.7. The molecule has 0 unspecified atom stereocenters. The first-order chi connectivity index (χ1) is 19.9. The molecule has 0 aromatic heterocycles. The monoisotopic (exact) mass is 613 g/mol. The number of hydrogen-bond donors (Lipinski definition) is 1. The van der Waals surface area contributed by atoms with Gasteiger partial charge in [0.1, 0.15) is 18.3 Å². The van der Waals surface area contributed by atoms with Gasteiger partial charge in [0.05, 0.1) is 17.7 Å². The van der Waals surface area contributed by atoms with Gasteiger partial charge in [-0.1, -0.05) is 61.3 Å². The average Bonchev–Trinajstić information content (AvgIpc) is 2.97. The molecule has 2 amide bonds. The molecule has 0 spiro atoms. The quantitative estimate of drug-likeness (QED) is 0.260. The number of anilines is 1. The van der Waals surface area contributed by atoms with E-state index in [0.29, 0.717) is 22.8 Å². The molecule has 3 aromatic carbocycles. The van der Waals surface area contributed by atoms with Crippen molar-refractivity contribution in [2.75, 3.05) is 18.0 Å². The Balaban J connectivity index is 2.11. The molecule has 0 aliphatic carbocycles. The number of rotatable bonds is 13. The first kappa shape index (κ1) is 32.9. The summed E-state index contributed by atoms with van der Waals surface area (Å²) in [5, 5.41) is 3.31. The minimum Gasteiger partial charge on any atom is -0.497 e. The number of amides is 2. The van der Waals surface area contributed by atoms with E-state index in [0.717, 1.165) is 21.9 Å². The largest absolute Gasteiger partial charge is 0.497 e. The summed E-state index contributed by atoms with van der Waals surface area (Å²) in [4.78, 5) is 29.2. The number of carbonyl (C=O) groups is 2. The Morgan fingerprint density at radius 3 is 2.29 bits per heavy atom. The number of ether oxygens (including phenoxy) is 1. The molecule has 0 aliphatic rings. The number of nitrogens with one attached hydrogen (secondary N) is 1. The highest BCUT2D eigenvalue weighted by Gasteiger charge is 2.34. The van der Waals surface area contributed by atoms with E-state index in [-0.39, 0.29) is 29.1 Å². The molecule has 3 rings (SSSR count). The SMILES string of the molecule is CC[C@@H](C)NC(=O)[C@@H](CC)N(Cc1cccc(OC)c1)C(=O)CN(c1cc(Cl)ccc1C)S(=O)(=O)c1ccc(C)cc1. The molecule has 0 radical (unpaired) electrons. The van der Waals surface area contributed by atoms with Gasteiger partial charge in [-0.15, -0.1) is 0 Å². The number of aryl methyl sites for hydroxylation is 2. The number of sulfonamides is 1. The lowest BCUT2D eigenvalue weighted by atomic mass is 10.1. The number of benzene rings is 3. The van der Waals surface area contributed by atoms with Crippen LogP contribution in [0.5, 0.6) is 5.75 Å². The summed E-state index contributed by atoms with van der Waals surface area (Å²) in [5.74, 6) is -0.218. The molecule has 0 bridgehead atoms. The van der Waals surface area contributed by atoms with Crippen molar-refractivity contribution in [1.82, 2.24) is 10.2 Å². The number of hydrogen-bond acceptors (Lipinski definition) is 5. The summed E-state index contributed by atoms with van der Waals surface area (Å²) in [7, 11) is -2.64. The lowest BCUT2D eigenvalue weighted by Crippen LogP contribution is -2.53. The van der Waals surface area contributed by atoms with Gasteiger partial charge in [-0.25, -0.2) is 8.42 Å². The van der Waals surface area contributed by atoms with Gasteiger partial charge in [-0.05, 0) is 81.1 Å². The minimum absolute atomic E-state index is 0.0428. The van der Waals surface area contributed by atoms with Crippen LogP contribution in [0.15, 0.2) is 71.6 Å². The Kier molecular flexibility index (Phi) is 11.4. The normalized spacial score (nSPS) is 12.7. The number of nitrogens with zero attached hydrogens (tertiary/aromatic N) is 2. The Labute approximate surface area is 254 Å². The first-order valence-corrected chi connectivity index (χ1v) is 15.8. The third-order valence-electron chi connectivity index (χ3n) is 7.20. The van der Waals surface area contributed by atoms with E-state index < -0.39 is 28.5 Å². The smallest absolute Gasteiger partial charge is 0.264 e. The van der Waals surface area contributed by atoms with E-state index in [2.05, 4.69) is 5.32 Å². The van der Waals surface area contributed by atoms with Crippen molar-refractivity contribution >= 4 is 39.1 Å². The van der Waals surface area contributed by atoms with Gasteiger partial charge in [0.2, 0.25) is 11.8 Å². The molecule has 0 saturated heterocycles. The van der Waals surface area contributed by atoms with Crippen LogP contribution in [0.3, 0.4) is 0 Å². The van der Waals surface area contributed by atoms with Gasteiger partial charge < -0.3 is 15.0 Å². The van der Waals surface area contributed by atoms with Gasteiger partial charge >= 0.3 is 0 Å². The summed E-state index contributed by atoms with van der Waals surface area (Å²) in [5.41, 5.74) is 2.56. The second-order valence-electron chi connectivity index (χ2n) is 10.4. The second kappa shape index (κ2) is 14.6. The summed E-state index contributed by atoms with van der Waals surface area (Å²) < 4.78 is 34.6. The van der Waals surface area contributed by atoms with Crippen LogP contribution in [0.25, 0.3) is 0 Å². The molecule has 8 nitrogen and oxygen atoms in total. The summed E-state index contributed by atoms with van der Waals surface area (Å²) in [6.07, 6.45) is 1.06. The molecule has 0 fully saturated rings. The summed E-state index contributed by atoms with van der Waals surface area (Å²) in [6, 6.07) is 17.7. The Hall–Kier alpha value is -3.56. The zero-order chi connectivity index (χ0) is 31.0. The molecular formula is C32H40ClN3O5S. The molecule has 226 valence electrons. The van der Waals surface area contributed by atoms with Crippen LogP contribution in [-0.2, 0) is 26.2 Å². The van der Waals surface area contributed by atoms with Gasteiger partial charge in [-0.2, -0.15) is 0 Å². The lowest BCUT2D eigenvalue weighted by molar-refractivity contribution is -0.140.